The first-order valence-electron chi connectivity index (χ1n) is 17.9. The quantitative estimate of drug-likeness (QED) is 0.0596. The monoisotopic (exact) mass is 688 g/mol. The van der Waals surface area contributed by atoms with Gasteiger partial charge in [-0.3, -0.25) is 9.98 Å². The minimum Gasteiger partial charge on any atom is -0.252 e. The Bertz CT molecular complexity index is 1080. The van der Waals surface area contributed by atoms with E-state index in [2.05, 4.69) is 101 Å². The van der Waals surface area contributed by atoms with Gasteiger partial charge in [0.25, 0.3) is 0 Å². The summed E-state index contributed by atoms with van der Waals surface area (Å²) in [6.07, 6.45) is 32.4. The molecule has 0 N–H and O–H groups in total. The van der Waals surface area contributed by atoms with Crippen molar-refractivity contribution < 1.29 is 20.4 Å². The van der Waals surface area contributed by atoms with Gasteiger partial charge in [-0.2, -0.15) is 0 Å². The maximum absolute atomic E-state index is 5.26. The van der Waals surface area contributed by atoms with Gasteiger partial charge in [0.2, 0.25) is 0 Å². The van der Waals surface area contributed by atoms with Gasteiger partial charge in [-0.15, -0.1) is 0 Å². The van der Waals surface area contributed by atoms with E-state index in [-0.39, 0.29) is 20.4 Å². The number of benzene rings is 2. The number of hydrogen-bond donors (Lipinski definition) is 0. The molecule has 3 heteroatoms. The molecule has 0 bridgehead atoms. The Kier molecular flexibility index (Phi) is 24.7. The molecule has 0 spiro atoms. The summed E-state index contributed by atoms with van der Waals surface area (Å²) in [6, 6.07) is 17.5. The van der Waals surface area contributed by atoms with Gasteiger partial charge in [-0.05, 0) is 86.8 Å². The fourth-order valence-electron chi connectivity index (χ4n) is 5.24. The summed E-state index contributed by atoms with van der Waals surface area (Å²) in [5.74, 6) is 0. The van der Waals surface area contributed by atoms with Crippen molar-refractivity contribution in [2.24, 2.45) is 9.98 Å². The van der Waals surface area contributed by atoms with E-state index in [4.69, 9.17) is 9.98 Å². The summed E-state index contributed by atoms with van der Waals surface area (Å²) in [6.45, 7) is 9.08. The molecular weight excluding hydrogens is 627 g/mol. The standard InChI is InChI=1S/C41H62N2.Pd/c1-5-9-13-16-19-23-27-41(43-39-34-30-37(31-35-39)25-22-18-15-11-7-3)40(26-20-12-8-4)42-38-32-28-36(29-33-38)24-21-17-14-10-6-2;/h21-22,24-25,28-35H,5-20,23,26-27H2,1-4H3;. The molecule has 0 aliphatic carbocycles. The zero-order chi connectivity index (χ0) is 30.8. The second kappa shape index (κ2) is 27.3. The van der Waals surface area contributed by atoms with Crippen LogP contribution in [0.3, 0.4) is 0 Å². The summed E-state index contributed by atoms with van der Waals surface area (Å²) in [5, 5.41) is 0. The number of allylic oxidation sites excluding steroid dienone is 2. The molecule has 2 rings (SSSR count). The van der Waals surface area contributed by atoms with E-state index in [0.29, 0.717) is 0 Å². The molecule has 2 nitrogen and oxygen atoms in total. The fraction of sp³-hybridized carbons (Fsp3) is 0.561. The van der Waals surface area contributed by atoms with Crippen LogP contribution in [0.1, 0.15) is 161 Å². The van der Waals surface area contributed by atoms with Crippen molar-refractivity contribution in [2.75, 3.05) is 0 Å². The molecule has 0 heterocycles. The second-order valence-electron chi connectivity index (χ2n) is 12.1. The molecule has 0 radical (unpaired) electrons. The van der Waals surface area contributed by atoms with Crippen molar-refractivity contribution in [3.8, 4) is 0 Å². The van der Waals surface area contributed by atoms with Gasteiger partial charge in [0.05, 0.1) is 22.8 Å². The number of nitrogens with zero attached hydrogens (tertiary/aromatic N) is 2. The molecule has 44 heavy (non-hydrogen) atoms. The van der Waals surface area contributed by atoms with E-state index in [9.17, 15) is 0 Å². The van der Waals surface area contributed by atoms with E-state index in [1.165, 1.54) is 112 Å². The van der Waals surface area contributed by atoms with Crippen LogP contribution in [-0.4, -0.2) is 11.4 Å². The number of hydrogen-bond acceptors (Lipinski definition) is 2. The molecule has 2 aromatic rings. The van der Waals surface area contributed by atoms with Crippen LogP contribution in [0.25, 0.3) is 12.2 Å². The molecule has 0 atom stereocenters. The van der Waals surface area contributed by atoms with Gasteiger partial charge in [0.15, 0.2) is 0 Å². The van der Waals surface area contributed by atoms with Gasteiger partial charge < -0.3 is 0 Å². The molecule has 0 aliphatic rings. The van der Waals surface area contributed by atoms with Gasteiger partial charge in [-0.25, -0.2) is 0 Å². The molecule has 0 saturated carbocycles. The molecule has 0 amide bonds. The minimum absolute atomic E-state index is 0. The van der Waals surface area contributed by atoms with Crippen LogP contribution >= 0.6 is 0 Å². The summed E-state index contributed by atoms with van der Waals surface area (Å²) in [5.41, 5.74) is 6.93. The van der Waals surface area contributed by atoms with Crippen molar-refractivity contribution in [2.45, 2.75) is 150 Å². The second-order valence-corrected chi connectivity index (χ2v) is 12.1. The van der Waals surface area contributed by atoms with Gasteiger partial charge in [0, 0.05) is 20.4 Å². The smallest absolute Gasteiger partial charge is 0.0634 e. The number of unbranched alkanes of at least 4 members (excludes halogenated alkanes) is 13. The van der Waals surface area contributed by atoms with Crippen LogP contribution in [-0.2, 0) is 20.4 Å². The van der Waals surface area contributed by atoms with Crippen molar-refractivity contribution in [3.05, 3.63) is 71.8 Å². The SMILES string of the molecule is CCCCCC=Cc1ccc(N=C(CCCCC)C(CCCCCCCC)=Nc2ccc(C=CCCCCC)cc2)cc1.[Pd]. The van der Waals surface area contributed by atoms with Crippen molar-refractivity contribution >= 4 is 35.0 Å². The maximum Gasteiger partial charge on any atom is 0.0634 e. The van der Waals surface area contributed by atoms with E-state index in [1.807, 2.05) is 0 Å². The van der Waals surface area contributed by atoms with Crippen LogP contribution in [0.5, 0.6) is 0 Å². The third-order valence-electron chi connectivity index (χ3n) is 8.00. The Morgan fingerprint density at radius 1 is 0.455 bits per heavy atom. The molecule has 0 aliphatic heterocycles. The van der Waals surface area contributed by atoms with Gasteiger partial charge >= 0.3 is 0 Å². The van der Waals surface area contributed by atoms with E-state index < -0.39 is 0 Å². The number of rotatable bonds is 24. The van der Waals surface area contributed by atoms with E-state index in [1.54, 1.807) is 0 Å². The minimum atomic E-state index is 0. The topological polar surface area (TPSA) is 24.7 Å². The van der Waals surface area contributed by atoms with Crippen molar-refractivity contribution in [1.82, 2.24) is 0 Å². The maximum atomic E-state index is 5.26. The molecular formula is C41H62N2Pd. The summed E-state index contributed by atoms with van der Waals surface area (Å²) >= 11 is 0. The molecule has 246 valence electrons. The Hall–Kier alpha value is -2.08. The molecule has 0 saturated heterocycles. The zero-order valence-electron chi connectivity index (χ0n) is 28.6. The Balaban J connectivity index is 0.00000968. The predicted octanol–water partition coefficient (Wildman–Crippen LogP) is 14.0. The first-order valence-corrected chi connectivity index (χ1v) is 17.9. The predicted molar refractivity (Wildman–Crippen MR) is 196 cm³/mol. The zero-order valence-corrected chi connectivity index (χ0v) is 30.1. The van der Waals surface area contributed by atoms with E-state index in [0.717, 1.165) is 43.5 Å². The van der Waals surface area contributed by atoms with Crippen LogP contribution in [0.2, 0.25) is 0 Å². The van der Waals surface area contributed by atoms with Crippen LogP contribution in [0.4, 0.5) is 11.4 Å². The summed E-state index contributed by atoms with van der Waals surface area (Å²) in [4.78, 5) is 10.5. The van der Waals surface area contributed by atoms with Crippen LogP contribution < -0.4 is 0 Å². The average Bonchev–Trinajstić information content (AvgIpc) is 3.03. The number of aliphatic imine (C=N–C) groups is 2. The van der Waals surface area contributed by atoms with Crippen molar-refractivity contribution in [1.29, 1.82) is 0 Å². The molecule has 2 aromatic carbocycles. The Labute approximate surface area is 285 Å². The normalized spacial score (nSPS) is 12.4. The van der Waals surface area contributed by atoms with E-state index >= 15 is 0 Å². The largest absolute Gasteiger partial charge is 0.252 e. The Morgan fingerprint density at radius 3 is 1.23 bits per heavy atom. The molecule has 0 unspecified atom stereocenters. The fourth-order valence-corrected chi connectivity index (χ4v) is 5.24. The van der Waals surface area contributed by atoms with Gasteiger partial charge in [0.1, 0.15) is 0 Å². The summed E-state index contributed by atoms with van der Waals surface area (Å²) in [7, 11) is 0. The first-order chi connectivity index (χ1) is 21.2. The Morgan fingerprint density at radius 2 is 0.795 bits per heavy atom. The van der Waals surface area contributed by atoms with Crippen LogP contribution in [0.15, 0.2) is 70.7 Å². The molecule has 0 fully saturated rings. The first kappa shape index (κ1) is 39.9. The third kappa shape index (κ3) is 18.7. The summed E-state index contributed by atoms with van der Waals surface area (Å²) < 4.78 is 0. The van der Waals surface area contributed by atoms with Crippen molar-refractivity contribution in [3.63, 3.8) is 0 Å². The molecule has 0 aromatic heterocycles. The van der Waals surface area contributed by atoms with Gasteiger partial charge in [-0.1, -0.05) is 147 Å². The third-order valence-corrected chi connectivity index (χ3v) is 8.00. The average molecular weight is 689 g/mol. The van der Waals surface area contributed by atoms with Crippen LogP contribution in [0, 0.1) is 0 Å².